The smallest absolute Gasteiger partial charge is 0.261 e. The summed E-state index contributed by atoms with van der Waals surface area (Å²) in [6.45, 7) is 5.94. The molecule has 0 radical (unpaired) electrons. The first-order valence-corrected chi connectivity index (χ1v) is 10.3. The molecule has 0 aliphatic carbocycles. The Morgan fingerprint density at radius 1 is 0.963 bits per heavy atom. The van der Waals surface area contributed by atoms with Crippen molar-refractivity contribution in [3.05, 3.63) is 77.5 Å². The summed E-state index contributed by atoms with van der Waals surface area (Å²) in [6, 6.07) is 16.6. The average Bonchev–Trinajstić information content (AvgIpc) is 2.65. The minimum absolute atomic E-state index is 0.240. The third-order valence-electron chi connectivity index (χ3n) is 4.47. The molecule has 0 saturated heterocycles. The fraction of sp³-hybridized carbons (Fsp3) is 0.190. The zero-order chi connectivity index (χ0) is 19.4. The molecule has 27 heavy (non-hydrogen) atoms. The molecule has 0 aliphatic rings. The molecule has 3 rings (SSSR count). The summed E-state index contributed by atoms with van der Waals surface area (Å²) in [5, 5.41) is 3.27. The normalized spacial score (nSPS) is 11.2. The van der Waals surface area contributed by atoms with Gasteiger partial charge in [-0.25, -0.2) is 13.4 Å². The van der Waals surface area contributed by atoms with Gasteiger partial charge in [0.15, 0.2) is 0 Å². The van der Waals surface area contributed by atoms with Gasteiger partial charge in [-0.05, 0) is 67.3 Å². The van der Waals surface area contributed by atoms with Crippen LogP contribution in [0.25, 0.3) is 0 Å². The fourth-order valence-corrected chi connectivity index (χ4v) is 3.84. The molecule has 0 spiro atoms. The molecule has 1 aromatic heterocycles. The number of aromatic nitrogens is 1. The molecule has 0 fully saturated rings. The lowest BCUT2D eigenvalue weighted by atomic mass is 10.1. The molecule has 0 saturated carbocycles. The second-order valence-corrected chi connectivity index (χ2v) is 8.10. The van der Waals surface area contributed by atoms with Crippen LogP contribution in [0.1, 0.15) is 23.6 Å². The molecule has 0 aliphatic heterocycles. The van der Waals surface area contributed by atoms with E-state index in [4.69, 9.17) is 0 Å². The third kappa shape index (κ3) is 4.46. The Morgan fingerprint density at radius 2 is 1.74 bits per heavy atom. The van der Waals surface area contributed by atoms with E-state index in [1.54, 1.807) is 30.3 Å². The van der Waals surface area contributed by atoms with Gasteiger partial charge in [0, 0.05) is 5.69 Å². The lowest BCUT2D eigenvalue weighted by Gasteiger charge is -2.12. The number of benzene rings is 2. The van der Waals surface area contributed by atoms with Gasteiger partial charge in [-0.15, -0.1) is 0 Å². The highest BCUT2D eigenvalue weighted by atomic mass is 32.2. The summed E-state index contributed by atoms with van der Waals surface area (Å²) in [4.78, 5) is 4.56. The maximum atomic E-state index is 12.6. The molecule has 6 heteroatoms. The number of nitrogens with one attached hydrogen (secondary N) is 2. The Morgan fingerprint density at radius 3 is 2.41 bits per heavy atom. The van der Waals surface area contributed by atoms with E-state index in [-0.39, 0.29) is 4.90 Å². The van der Waals surface area contributed by atoms with E-state index in [9.17, 15) is 8.42 Å². The second-order valence-electron chi connectivity index (χ2n) is 6.42. The number of hydrogen-bond donors (Lipinski definition) is 2. The topological polar surface area (TPSA) is 71.1 Å². The summed E-state index contributed by atoms with van der Waals surface area (Å²) in [5.41, 5.74) is 4.60. The summed E-state index contributed by atoms with van der Waals surface area (Å²) in [6.07, 6.45) is 2.42. The molecule has 2 N–H and O–H groups in total. The molecule has 2 aromatic carbocycles. The number of anilines is 3. The average molecular weight is 382 g/mol. The van der Waals surface area contributed by atoms with Gasteiger partial charge in [0.2, 0.25) is 0 Å². The number of rotatable bonds is 6. The SMILES string of the molecule is CCc1ccccc1Nc1ccc(NS(=O)(=O)c2ccc(C)c(C)c2)cn1. The number of aryl methyl sites for hydroxylation is 3. The molecule has 3 aromatic rings. The number of sulfonamides is 1. The molecule has 140 valence electrons. The van der Waals surface area contributed by atoms with Gasteiger partial charge in [0.05, 0.1) is 16.8 Å². The van der Waals surface area contributed by atoms with Crippen LogP contribution in [-0.2, 0) is 16.4 Å². The van der Waals surface area contributed by atoms with Crippen LogP contribution in [0.2, 0.25) is 0 Å². The summed E-state index contributed by atoms with van der Waals surface area (Å²) < 4.78 is 27.7. The van der Waals surface area contributed by atoms with Crippen molar-refractivity contribution >= 4 is 27.2 Å². The van der Waals surface area contributed by atoms with Gasteiger partial charge in [0.25, 0.3) is 10.0 Å². The van der Waals surface area contributed by atoms with Gasteiger partial charge in [-0.1, -0.05) is 31.2 Å². The van der Waals surface area contributed by atoms with Crippen molar-refractivity contribution in [1.82, 2.24) is 4.98 Å². The van der Waals surface area contributed by atoms with Crippen molar-refractivity contribution in [3.63, 3.8) is 0 Å². The first kappa shape index (κ1) is 18.9. The van der Waals surface area contributed by atoms with E-state index in [0.29, 0.717) is 11.5 Å². The van der Waals surface area contributed by atoms with Gasteiger partial charge < -0.3 is 5.32 Å². The predicted octanol–water partition coefficient (Wildman–Crippen LogP) is 4.81. The molecule has 5 nitrogen and oxygen atoms in total. The third-order valence-corrected chi connectivity index (χ3v) is 5.84. The standard InChI is InChI=1S/C21H23N3O2S/c1-4-17-7-5-6-8-20(17)23-21-12-10-18(14-22-21)24-27(25,26)19-11-9-15(2)16(3)13-19/h5-14,24H,4H2,1-3H3,(H,22,23). The molecule has 0 atom stereocenters. The van der Waals surface area contributed by atoms with E-state index < -0.39 is 10.0 Å². The van der Waals surface area contributed by atoms with Gasteiger partial charge in [-0.2, -0.15) is 0 Å². The van der Waals surface area contributed by atoms with Crippen LogP contribution < -0.4 is 10.0 Å². The number of nitrogens with zero attached hydrogens (tertiary/aromatic N) is 1. The van der Waals surface area contributed by atoms with Gasteiger partial charge >= 0.3 is 0 Å². The van der Waals surface area contributed by atoms with Crippen LogP contribution in [0, 0.1) is 13.8 Å². The van der Waals surface area contributed by atoms with Crippen LogP contribution in [0.15, 0.2) is 65.7 Å². The van der Waals surface area contributed by atoms with Crippen molar-refractivity contribution in [2.24, 2.45) is 0 Å². The maximum absolute atomic E-state index is 12.6. The number of para-hydroxylation sites is 1. The van der Waals surface area contributed by atoms with Crippen molar-refractivity contribution in [2.75, 3.05) is 10.0 Å². The minimum Gasteiger partial charge on any atom is -0.340 e. The molecule has 0 unspecified atom stereocenters. The van der Waals surface area contributed by atoms with Crippen LogP contribution in [-0.4, -0.2) is 13.4 Å². The summed E-state index contributed by atoms with van der Waals surface area (Å²) >= 11 is 0. The highest BCUT2D eigenvalue weighted by Crippen LogP contribution is 2.22. The van der Waals surface area contributed by atoms with E-state index in [2.05, 4.69) is 28.0 Å². The Hall–Kier alpha value is -2.86. The first-order chi connectivity index (χ1) is 12.9. The summed E-state index contributed by atoms with van der Waals surface area (Å²) in [5.74, 6) is 0.657. The fourth-order valence-electron chi connectivity index (χ4n) is 2.71. The Bertz CT molecular complexity index is 1050. The lowest BCUT2D eigenvalue weighted by Crippen LogP contribution is -2.13. The predicted molar refractivity (Wildman–Crippen MR) is 110 cm³/mol. The highest BCUT2D eigenvalue weighted by Gasteiger charge is 2.15. The Kier molecular flexibility index (Phi) is 5.46. The Balaban J connectivity index is 1.76. The summed E-state index contributed by atoms with van der Waals surface area (Å²) in [7, 11) is -3.65. The lowest BCUT2D eigenvalue weighted by molar-refractivity contribution is 0.601. The van der Waals surface area contributed by atoms with Gasteiger partial charge in [0.1, 0.15) is 5.82 Å². The molecule has 0 bridgehead atoms. The molecular formula is C21H23N3O2S. The highest BCUT2D eigenvalue weighted by molar-refractivity contribution is 7.92. The molecule has 0 amide bonds. The van der Waals surface area contributed by atoms with E-state index in [1.807, 2.05) is 32.0 Å². The van der Waals surface area contributed by atoms with Crippen molar-refractivity contribution in [2.45, 2.75) is 32.1 Å². The first-order valence-electron chi connectivity index (χ1n) is 8.80. The Labute approximate surface area is 160 Å². The van der Waals surface area contributed by atoms with Crippen LogP contribution in [0.4, 0.5) is 17.2 Å². The van der Waals surface area contributed by atoms with Gasteiger partial charge in [-0.3, -0.25) is 4.72 Å². The van der Waals surface area contributed by atoms with E-state index in [1.165, 1.54) is 11.8 Å². The van der Waals surface area contributed by atoms with E-state index in [0.717, 1.165) is 23.2 Å². The quantitative estimate of drug-likeness (QED) is 0.643. The molecule has 1 heterocycles. The monoisotopic (exact) mass is 381 g/mol. The largest absolute Gasteiger partial charge is 0.340 e. The van der Waals surface area contributed by atoms with Crippen molar-refractivity contribution < 1.29 is 8.42 Å². The van der Waals surface area contributed by atoms with Crippen LogP contribution in [0.3, 0.4) is 0 Å². The van der Waals surface area contributed by atoms with Crippen molar-refractivity contribution in [1.29, 1.82) is 0 Å². The number of pyridine rings is 1. The molecular weight excluding hydrogens is 358 g/mol. The zero-order valence-corrected chi connectivity index (χ0v) is 16.5. The minimum atomic E-state index is -3.65. The van der Waals surface area contributed by atoms with Crippen LogP contribution >= 0.6 is 0 Å². The van der Waals surface area contributed by atoms with Crippen LogP contribution in [0.5, 0.6) is 0 Å². The zero-order valence-electron chi connectivity index (χ0n) is 15.7. The van der Waals surface area contributed by atoms with E-state index >= 15 is 0 Å². The number of hydrogen-bond acceptors (Lipinski definition) is 4. The van der Waals surface area contributed by atoms with Crippen molar-refractivity contribution in [3.8, 4) is 0 Å². The second kappa shape index (κ2) is 7.80. The maximum Gasteiger partial charge on any atom is 0.261 e.